The van der Waals surface area contributed by atoms with Gasteiger partial charge in [0.2, 0.25) is 0 Å². The van der Waals surface area contributed by atoms with Crippen molar-refractivity contribution in [2.24, 2.45) is 11.8 Å². The molecule has 29 heavy (non-hydrogen) atoms. The zero-order valence-electron chi connectivity index (χ0n) is 17.8. The van der Waals surface area contributed by atoms with Crippen molar-refractivity contribution in [1.29, 1.82) is 0 Å². The molecule has 2 aromatic rings. The summed E-state index contributed by atoms with van der Waals surface area (Å²) < 4.78 is 1.81. The largest absolute Gasteiger partial charge is 0.338 e. The second-order valence-corrected chi connectivity index (χ2v) is 8.70. The molecule has 0 aromatic carbocycles. The number of rotatable bonds is 5. The van der Waals surface area contributed by atoms with E-state index in [-0.39, 0.29) is 5.91 Å². The lowest BCUT2D eigenvalue weighted by atomic mass is 9.94. The minimum atomic E-state index is 0.126. The van der Waals surface area contributed by atoms with Crippen LogP contribution >= 0.6 is 0 Å². The van der Waals surface area contributed by atoms with Gasteiger partial charge in [0.25, 0.3) is 5.91 Å². The number of piperidine rings is 2. The summed E-state index contributed by atoms with van der Waals surface area (Å²) in [7, 11) is 0. The van der Waals surface area contributed by atoms with Crippen LogP contribution in [0.2, 0.25) is 0 Å². The first-order chi connectivity index (χ1) is 14.2. The summed E-state index contributed by atoms with van der Waals surface area (Å²) in [4.78, 5) is 22.4. The maximum atomic E-state index is 13.3. The number of nitrogens with zero attached hydrogens (tertiary/aromatic N) is 5. The molecule has 6 heteroatoms. The molecule has 1 unspecified atom stereocenters. The van der Waals surface area contributed by atoms with E-state index in [4.69, 9.17) is 0 Å². The highest BCUT2D eigenvalue weighted by molar-refractivity contribution is 5.95. The molecule has 4 heterocycles. The van der Waals surface area contributed by atoms with Gasteiger partial charge in [-0.15, -0.1) is 0 Å². The van der Waals surface area contributed by atoms with E-state index in [2.05, 4.69) is 33.7 Å². The van der Waals surface area contributed by atoms with Crippen LogP contribution in [0.1, 0.15) is 55.6 Å². The average molecular weight is 396 g/mol. The monoisotopic (exact) mass is 395 g/mol. The van der Waals surface area contributed by atoms with E-state index < -0.39 is 0 Å². The van der Waals surface area contributed by atoms with E-state index in [1.807, 2.05) is 22.9 Å². The van der Waals surface area contributed by atoms with Crippen LogP contribution in [0.25, 0.3) is 5.82 Å². The van der Waals surface area contributed by atoms with E-state index in [1.54, 1.807) is 12.4 Å². The molecular formula is C23H33N5O. The van der Waals surface area contributed by atoms with Gasteiger partial charge in [-0.2, -0.15) is 5.10 Å². The number of hydrogen-bond donors (Lipinski definition) is 0. The molecule has 2 aliphatic heterocycles. The predicted octanol–water partition coefficient (Wildman–Crippen LogP) is 3.41. The maximum absolute atomic E-state index is 13.3. The van der Waals surface area contributed by atoms with E-state index >= 15 is 0 Å². The highest BCUT2D eigenvalue weighted by Gasteiger charge is 2.29. The minimum Gasteiger partial charge on any atom is -0.338 e. The number of likely N-dealkylation sites (tertiary alicyclic amines) is 2. The summed E-state index contributed by atoms with van der Waals surface area (Å²) in [5, 5.41) is 4.49. The van der Waals surface area contributed by atoms with Gasteiger partial charge in [0.05, 0.1) is 17.5 Å². The minimum absolute atomic E-state index is 0.126. The molecule has 2 saturated heterocycles. The molecule has 2 aromatic heterocycles. The standard InChI is InChI=1S/C23H33N5O/c1-3-21-20(15-25-28(21)22-8-4-5-11-24-22)23(29)27-12-6-7-19(17-27)16-26-13-9-18(2)10-14-26/h4-5,8,11,15,18-19H,3,6-7,9-10,12-14,16-17H2,1-2H3. The molecule has 0 bridgehead atoms. The maximum Gasteiger partial charge on any atom is 0.257 e. The Balaban J connectivity index is 1.44. The van der Waals surface area contributed by atoms with Crippen molar-refractivity contribution in [3.8, 4) is 5.82 Å². The van der Waals surface area contributed by atoms with E-state index in [0.717, 1.165) is 55.5 Å². The van der Waals surface area contributed by atoms with Crippen LogP contribution in [0, 0.1) is 11.8 Å². The molecule has 1 amide bonds. The van der Waals surface area contributed by atoms with Crippen molar-refractivity contribution >= 4 is 5.91 Å². The summed E-state index contributed by atoms with van der Waals surface area (Å²) >= 11 is 0. The SMILES string of the molecule is CCc1c(C(=O)N2CCCC(CN3CCC(C)CC3)C2)cnn1-c1ccccn1. The van der Waals surface area contributed by atoms with Gasteiger partial charge in [0.1, 0.15) is 0 Å². The third-order valence-corrected chi connectivity index (χ3v) is 6.50. The van der Waals surface area contributed by atoms with Crippen LogP contribution in [0.5, 0.6) is 0 Å². The van der Waals surface area contributed by atoms with Gasteiger partial charge >= 0.3 is 0 Å². The van der Waals surface area contributed by atoms with Crippen molar-refractivity contribution < 1.29 is 4.79 Å². The van der Waals surface area contributed by atoms with Crippen LogP contribution in [0.4, 0.5) is 0 Å². The third kappa shape index (κ3) is 4.53. The first-order valence-electron chi connectivity index (χ1n) is 11.2. The first kappa shape index (κ1) is 20.1. The fourth-order valence-corrected chi connectivity index (χ4v) is 4.75. The number of pyridine rings is 1. The molecule has 4 rings (SSSR count). The lowest BCUT2D eigenvalue weighted by Crippen LogP contribution is -2.45. The summed E-state index contributed by atoms with van der Waals surface area (Å²) in [6.07, 6.45) is 9.17. The fraction of sp³-hybridized carbons (Fsp3) is 0.609. The molecule has 0 spiro atoms. The van der Waals surface area contributed by atoms with Crippen molar-refractivity contribution in [1.82, 2.24) is 24.6 Å². The number of carbonyl (C=O) groups excluding carboxylic acids is 1. The highest BCUT2D eigenvalue weighted by atomic mass is 16.2. The smallest absolute Gasteiger partial charge is 0.257 e. The average Bonchev–Trinajstić information content (AvgIpc) is 3.20. The highest BCUT2D eigenvalue weighted by Crippen LogP contribution is 2.24. The van der Waals surface area contributed by atoms with Gasteiger partial charge < -0.3 is 9.80 Å². The predicted molar refractivity (Wildman–Crippen MR) is 114 cm³/mol. The zero-order chi connectivity index (χ0) is 20.2. The molecule has 0 saturated carbocycles. The van der Waals surface area contributed by atoms with Gasteiger partial charge in [-0.05, 0) is 69.2 Å². The molecule has 6 nitrogen and oxygen atoms in total. The number of carbonyl (C=O) groups is 1. The summed E-state index contributed by atoms with van der Waals surface area (Å²) in [5.41, 5.74) is 1.67. The lowest BCUT2D eigenvalue weighted by Gasteiger charge is -2.37. The second kappa shape index (κ2) is 9.08. The Morgan fingerprint density at radius 3 is 2.72 bits per heavy atom. The zero-order valence-corrected chi connectivity index (χ0v) is 17.8. The van der Waals surface area contributed by atoms with Gasteiger partial charge in [0, 0.05) is 25.8 Å². The van der Waals surface area contributed by atoms with Gasteiger partial charge in [-0.1, -0.05) is 19.9 Å². The van der Waals surface area contributed by atoms with E-state index in [9.17, 15) is 4.79 Å². The van der Waals surface area contributed by atoms with Gasteiger partial charge in [-0.25, -0.2) is 9.67 Å². The topological polar surface area (TPSA) is 54.3 Å². The summed E-state index contributed by atoms with van der Waals surface area (Å²) in [6.45, 7) is 9.70. The Morgan fingerprint density at radius 1 is 1.17 bits per heavy atom. The van der Waals surface area contributed by atoms with Crippen LogP contribution in [0.15, 0.2) is 30.6 Å². The normalized spacial score (nSPS) is 21.4. The Labute approximate surface area is 173 Å². The number of amides is 1. The van der Waals surface area contributed by atoms with Crippen molar-refractivity contribution in [3.63, 3.8) is 0 Å². The molecule has 1 atom stereocenters. The Bertz CT molecular complexity index is 810. The molecule has 0 radical (unpaired) electrons. The van der Waals surface area contributed by atoms with Crippen molar-refractivity contribution in [3.05, 3.63) is 41.9 Å². The van der Waals surface area contributed by atoms with Crippen LogP contribution in [0.3, 0.4) is 0 Å². The molecular weight excluding hydrogens is 362 g/mol. The molecule has 156 valence electrons. The van der Waals surface area contributed by atoms with Crippen molar-refractivity contribution in [2.45, 2.75) is 46.0 Å². The molecule has 2 fully saturated rings. The quantitative estimate of drug-likeness (QED) is 0.778. The Kier molecular flexibility index (Phi) is 6.28. The second-order valence-electron chi connectivity index (χ2n) is 8.70. The molecule has 2 aliphatic rings. The Hall–Kier alpha value is -2.21. The fourth-order valence-electron chi connectivity index (χ4n) is 4.75. The first-order valence-corrected chi connectivity index (χ1v) is 11.2. The van der Waals surface area contributed by atoms with Gasteiger partial charge in [0.15, 0.2) is 5.82 Å². The Morgan fingerprint density at radius 2 is 2.00 bits per heavy atom. The van der Waals surface area contributed by atoms with Crippen LogP contribution < -0.4 is 0 Å². The summed E-state index contributed by atoms with van der Waals surface area (Å²) in [5.74, 6) is 2.33. The van der Waals surface area contributed by atoms with Crippen molar-refractivity contribution in [2.75, 3.05) is 32.7 Å². The van der Waals surface area contributed by atoms with Gasteiger partial charge in [-0.3, -0.25) is 4.79 Å². The molecule has 0 N–H and O–H groups in total. The van der Waals surface area contributed by atoms with Crippen LogP contribution in [-0.4, -0.2) is 63.2 Å². The number of aromatic nitrogens is 3. The molecule has 0 aliphatic carbocycles. The number of hydrogen-bond acceptors (Lipinski definition) is 4. The third-order valence-electron chi connectivity index (χ3n) is 6.50. The van der Waals surface area contributed by atoms with E-state index in [0.29, 0.717) is 5.92 Å². The van der Waals surface area contributed by atoms with Crippen LogP contribution in [-0.2, 0) is 6.42 Å². The van der Waals surface area contributed by atoms with E-state index in [1.165, 1.54) is 32.4 Å². The lowest BCUT2D eigenvalue weighted by molar-refractivity contribution is 0.0621. The summed E-state index contributed by atoms with van der Waals surface area (Å²) in [6, 6.07) is 5.76.